The predicted molar refractivity (Wildman–Crippen MR) is 71.9 cm³/mol. The standard InChI is InChI=1S/C13H14N6/c1-10-7-12(19-13(18-10)16-9-17-19)15-6-4-11-3-2-5-14-8-11/h2-3,5,7-9,15H,4,6H2,1H3. The average molecular weight is 254 g/mol. The molecule has 19 heavy (non-hydrogen) atoms. The van der Waals surface area contributed by atoms with E-state index >= 15 is 0 Å². The van der Waals surface area contributed by atoms with Gasteiger partial charge in [-0.25, -0.2) is 4.98 Å². The van der Waals surface area contributed by atoms with Crippen LogP contribution in [0.5, 0.6) is 0 Å². The Morgan fingerprint density at radius 1 is 1.37 bits per heavy atom. The van der Waals surface area contributed by atoms with Gasteiger partial charge in [-0.3, -0.25) is 4.98 Å². The van der Waals surface area contributed by atoms with E-state index in [9.17, 15) is 0 Å². The summed E-state index contributed by atoms with van der Waals surface area (Å²) in [5, 5.41) is 7.51. The smallest absolute Gasteiger partial charge is 0.254 e. The van der Waals surface area contributed by atoms with Crippen molar-refractivity contribution in [2.45, 2.75) is 13.3 Å². The number of rotatable bonds is 4. The monoisotopic (exact) mass is 254 g/mol. The molecular formula is C13H14N6. The van der Waals surface area contributed by atoms with Gasteiger partial charge < -0.3 is 5.32 Å². The fourth-order valence-electron chi connectivity index (χ4n) is 1.94. The topological polar surface area (TPSA) is 68.0 Å². The van der Waals surface area contributed by atoms with Crippen LogP contribution in [0.1, 0.15) is 11.3 Å². The molecule has 0 spiro atoms. The van der Waals surface area contributed by atoms with Crippen LogP contribution in [0.4, 0.5) is 5.82 Å². The van der Waals surface area contributed by atoms with Crippen molar-refractivity contribution in [1.82, 2.24) is 24.6 Å². The summed E-state index contributed by atoms with van der Waals surface area (Å²) in [6.45, 7) is 2.76. The van der Waals surface area contributed by atoms with E-state index in [1.807, 2.05) is 25.3 Å². The Balaban J connectivity index is 1.73. The Kier molecular flexibility index (Phi) is 3.06. The molecule has 0 atom stereocenters. The summed E-state index contributed by atoms with van der Waals surface area (Å²) < 4.78 is 1.70. The summed E-state index contributed by atoms with van der Waals surface area (Å²) in [5.41, 5.74) is 2.12. The summed E-state index contributed by atoms with van der Waals surface area (Å²) in [6.07, 6.45) is 6.08. The maximum atomic E-state index is 4.30. The second-order valence-electron chi connectivity index (χ2n) is 4.29. The largest absolute Gasteiger partial charge is 0.370 e. The van der Waals surface area contributed by atoms with Crippen LogP contribution in [0.15, 0.2) is 36.9 Å². The van der Waals surface area contributed by atoms with Gasteiger partial charge in [0.2, 0.25) is 0 Å². The van der Waals surface area contributed by atoms with E-state index in [1.54, 1.807) is 10.7 Å². The molecule has 3 aromatic rings. The van der Waals surface area contributed by atoms with Gasteiger partial charge in [-0.05, 0) is 25.0 Å². The van der Waals surface area contributed by atoms with Crippen LogP contribution in [0.2, 0.25) is 0 Å². The lowest BCUT2D eigenvalue weighted by Gasteiger charge is -2.08. The Morgan fingerprint density at radius 3 is 3.16 bits per heavy atom. The summed E-state index contributed by atoms with van der Waals surface area (Å²) >= 11 is 0. The van der Waals surface area contributed by atoms with Gasteiger partial charge in [-0.1, -0.05) is 6.07 Å². The van der Waals surface area contributed by atoms with Gasteiger partial charge in [0.25, 0.3) is 5.78 Å². The molecule has 96 valence electrons. The van der Waals surface area contributed by atoms with E-state index in [0.29, 0.717) is 5.78 Å². The zero-order chi connectivity index (χ0) is 13.1. The van der Waals surface area contributed by atoms with Crippen LogP contribution < -0.4 is 5.32 Å². The number of hydrogen-bond acceptors (Lipinski definition) is 5. The fourth-order valence-corrected chi connectivity index (χ4v) is 1.94. The molecule has 1 N–H and O–H groups in total. The van der Waals surface area contributed by atoms with Gasteiger partial charge in [0.1, 0.15) is 12.1 Å². The van der Waals surface area contributed by atoms with Gasteiger partial charge in [-0.2, -0.15) is 14.6 Å². The zero-order valence-corrected chi connectivity index (χ0v) is 10.6. The van der Waals surface area contributed by atoms with Crippen LogP contribution in [-0.4, -0.2) is 31.1 Å². The molecule has 0 aliphatic rings. The number of anilines is 1. The number of pyridine rings is 1. The highest BCUT2D eigenvalue weighted by molar-refractivity contribution is 5.44. The maximum absolute atomic E-state index is 4.30. The maximum Gasteiger partial charge on any atom is 0.254 e. The quantitative estimate of drug-likeness (QED) is 0.763. The number of aryl methyl sites for hydroxylation is 1. The Labute approximate surface area is 110 Å². The van der Waals surface area contributed by atoms with Crippen molar-refractivity contribution in [3.05, 3.63) is 48.2 Å². The molecule has 3 rings (SSSR count). The molecular weight excluding hydrogens is 240 g/mol. The Bertz CT molecular complexity index is 676. The van der Waals surface area contributed by atoms with Crippen molar-refractivity contribution >= 4 is 11.6 Å². The summed E-state index contributed by atoms with van der Waals surface area (Å²) in [4.78, 5) is 12.5. The number of nitrogens with one attached hydrogen (secondary N) is 1. The lowest BCUT2D eigenvalue weighted by Crippen LogP contribution is -2.10. The van der Waals surface area contributed by atoms with Crippen molar-refractivity contribution in [3.63, 3.8) is 0 Å². The minimum atomic E-state index is 0.615. The SMILES string of the molecule is Cc1cc(NCCc2cccnc2)n2ncnc2n1. The van der Waals surface area contributed by atoms with Gasteiger partial charge in [0, 0.05) is 30.7 Å². The van der Waals surface area contributed by atoms with Gasteiger partial charge in [-0.15, -0.1) is 0 Å². The van der Waals surface area contributed by atoms with Crippen LogP contribution in [-0.2, 0) is 6.42 Å². The van der Waals surface area contributed by atoms with Crippen molar-refractivity contribution < 1.29 is 0 Å². The molecule has 3 heterocycles. The molecule has 0 aliphatic heterocycles. The third kappa shape index (κ3) is 2.52. The minimum Gasteiger partial charge on any atom is -0.370 e. The van der Waals surface area contributed by atoms with E-state index in [2.05, 4.69) is 31.4 Å². The van der Waals surface area contributed by atoms with E-state index in [0.717, 1.165) is 24.5 Å². The highest BCUT2D eigenvalue weighted by Gasteiger charge is 2.04. The first-order valence-corrected chi connectivity index (χ1v) is 6.13. The summed E-state index contributed by atoms with van der Waals surface area (Å²) in [5.74, 6) is 1.52. The zero-order valence-electron chi connectivity index (χ0n) is 10.6. The second-order valence-corrected chi connectivity index (χ2v) is 4.29. The van der Waals surface area contributed by atoms with Gasteiger partial charge in [0.05, 0.1) is 0 Å². The highest BCUT2D eigenvalue weighted by atomic mass is 15.3. The minimum absolute atomic E-state index is 0.615. The van der Waals surface area contributed by atoms with E-state index in [4.69, 9.17) is 0 Å². The van der Waals surface area contributed by atoms with Gasteiger partial charge >= 0.3 is 0 Å². The van der Waals surface area contributed by atoms with Gasteiger partial charge in [0.15, 0.2) is 0 Å². The molecule has 6 nitrogen and oxygen atoms in total. The summed E-state index contributed by atoms with van der Waals surface area (Å²) in [7, 11) is 0. The predicted octanol–water partition coefficient (Wildman–Crippen LogP) is 1.48. The van der Waals surface area contributed by atoms with Crippen molar-refractivity contribution in [2.24, 2.45) is 0 Å². The molecule has 3 aromatic heterocycles. The van der Waals surface area contributed by atoms with Crippen molar-refractivity contribution in [2.75, 3.05) is 11.9 Å². The van der Waals surface area contributed by atoms with E-state index in [1.165, 1.54) is 11.9 Å². The number of hydrogen-bond donors (Lipinski definition) is 1. The summed E-state index contributed by atoms with van der Waals surface area (Å²) in [6, 6.07) is 5.98. The molecule has 0 bridgehead atoms. The molecule has 0 fully saturated rings. The molecule has 0 aliphatic carbocycles. The molecule has 0 radical (unpaired) electrons. The Morgan fingerprint density at radius 2 is 2.32 bits per heavy atom. The normalized spacial score (nSPS) is 10.8. The second kappa shape index (κ2) is 5.01. The molecule has 0 amide bonds. The first-order valence-electron chi connectivity index (χ1n) is 6.13. The van der Waals surface area contributed by atoms with E-state index < -0.39 is 0 Å². The fraction of sp³-hybridized carbons (Fsp3) is 0.231. The third-order valence-electron chi connectivity index (χ3n) is 2.82. The molecule has 6 heteroatoms. The van der Waals surface area contributed by atoms with Crippen LogP contribution in [0.25, 0.3) is 5.78 Å². The van der Waals surface area contributed by atoms with Crippen LogP contribution in [0.3, 0.4) is 0 Å². The first-order chi connectivity index (χ1) is 9.33. The Hall–Kier alpha value is -2.50. The third-order valence-corrected chi connectivity index (χ3v) is 2.82. The average Bonchev–Trinajstić information content (AvgIpc) is 2.88. The van der Waals surface area contributed by atoms with Crippen molar-refractivity contribution in [1.29, 1.82) is 0 Å². The van der Waals surface area contributed by atoms with Crippen molar-refractivity contribution in [3.8, 4) is 0 Å². The molecule has 0 saturated heterocycles. The van der Waals surface area contributed by atoms with E-state index in [-0.39, 0.29) is 0 Å². The molecule has 0 unspecified atom stereocenters. The van der Waals surface area contributed by atoms with Crippen LogP contribution >= 0.6 is 0 Å². The lowest BCUT2D eigenvalue weighted by molar-refractivity contribution is 0.904. The highest BCUT2D eigenvalue weighted by Crippen LogP contribution is 2.10. The molecule has 0 aromatic carbocycles. The number of fused-ring (bicyclic) bond motifs is 1. The lowest BCUT2D eigenvalue weighted by atomic mass is 10.2. The first kappa shape index (κ1) is 11.6. The van der Waals surface area contributed by atoms with Crippen LogP contribution in [0, 0.1) is 6.92 Å². The molecule has 0 saturated carbocycles. The number of aromatic nitrogens is 5. The number of nitrogens with zero attached hydrogens (tertiary/aromatic N) is 5.